The second-order valence-corrected chi connectivity index (χ2v) is 1.16. The average Bonchev–Trinajstić information content (AvgIpc) is 1.81. The van der Waals surface area contributed by atoms with E-state index in [0.29, 0.717) is 27.2 Å². The van der Waals surface area contributed by atoms with Gasteiger partial charge in [0.15, 0.2) is 0 Å². The van der Waals surface area contributed by atoms with Crippen LogP contribution in [0.25, 0.3) is 0 Å². The molecule has 0 aromatic rings. The molecule has 0 spiro atoms. The molecule has 8 heavy (non-hydrogen) atoms. The Morgan fingerprint density at radius 1 is 1.50 bits per heavy atom. The van der Waals surface area contributed by atoms with Gasteiger partial charge in [-0.2, -0.15) is 0 Å². The van der Waals surface area contributed by atoms with E-state index >= 15 is 0 Å². The van der Waals surface area contributed by atoms with Crippen molar-refractivity contribution in [1.29, 1.82) is 0 Å². The van der Waals surface area contributed by atoms with Gasteiger partial charge in [0.2, 0.25) is 0 Å². The molecular formula is C4H9BO3. The van der Waals surface area contributed by atoms with Crippen LogP contribution in [0.4, 0.5) is 0 Å². The first-order valence-corrected chi connectivity index (χ1v) is 2.54. The van der Waals surface area contributed by atoms with Crippen LogP contribution in [0.15, 0.2) is 0 Å². The zero-order valence-electron chi connectivity index (χ0n) is 4.92. The van der Waals surface area contributed by atoms with E-state index < -0.39 is 0 Å². The van der Waals surface area contributed by atoms with E-state index in [9.17, 15) is 4.70 Å². The molecule has 0 aromatic heterocycles. The number of rotatable bonds is 5. The topological polar surface area (TPSA) is 35.5 Å². The van der Waals surface area contributed by atoms with Gasteiger partial charge in [-0.05, 0) is 0 Å². The van der Waals surface area contributed by atoms with Crippen LogP contribution in [0.5, 0.6) is 0 Å². The molecule has 0 fully saturated rings. The van der Waals surface area contributed by atoms with Crippen molar-refractivity contribution >= 4 is 7.35 Å². The molecule has 46 valence electrons. The van der Waals surface area contributed by atoms with Gasteiger partial charge in [0.25, 0.3) is 0 Å². The number of ether oxygens (including phenoxy) is 1. The second kappa shape index (κ2) is 6.62. The van der Waals surface area contributed by atoms with E-state index in [1.165, 1.54) is 0 Å². The molecule has 0 amide bonds. The minimum absolute atomic E-state index is 0.358. The summed E-state index contributed by atoms with van der Waals surface area (Å²) in [5, 5.41) is 0. The molecule has 0 aromatic carbocycles. The Bertz CT molecular complexity index is 57.2. The van der Waals surface area contributed by atoms with Crippen LogP contribution in [-0.4, -0.2) is 27.2 Å². The van der Waals surface area contributed by atoms with Gasteiger partial charge in [-0.3, -0.25) is 0 Å². The van der Waals surface area contributed by atoms with E-state index in [1.807, 2.05) is 6.92 Å². The van der Waals surface area contributed by atoms with Gasteiger partial charge < -0.3 is 0 Å². The monoisotopic (exact) mass is 116 g/mol. The van der Waals surface area contributed by atoms with Crippen molar-refractivity contribution in [3.05, 3.63) is 0 Å². The van der Waals surface area contributed by atoms with Gasteiger partial charge in [-0.25, -0.2) is 0 Å². The van der Waals surface area contributed by atoms with Gasteiger partial charge >= 0.3 is 48.2 Å². The fourth-order valence-electron chi connectivity index (χ4n) is 0.299. The molecule has 0 aliphatic heterocycles. The minimum atomic E-state index is 0.358. The van der Waals surface area contributed by atoms with Crippen LogP contribution < -0.4 is 0 Å². The van der Waals surface area contributed by atoms with E-state index in [0.717, 1.165) is 0 Å². The fourth-order valence-corrected chi connectivity index (χ4v) is 0.299. The van der Waals surface area contributed by atoms with Gasteiger partial charge in [0.1, 0.15) is 0 Å². The molecular weight excluding hydrogens is 107 g/mol. The first-order chi connectivity index (χ1) is 3.91. The normalized spacial score (nSPS) is 8.12. The van der Waals surface area contributed by atoms with Crippen molar-refractivity contribution in [2.45, 2.75) is 6.92 Å². The van der Waals surface area contributed by atoms with Gasteiger partial charge in [-0.1, -0.05) is 0 Å². The van der Waals surface area contributed by atoms with E-state index in [1.54, 1.807) is 0 Å². The molecule has 0 unspecified atom stereocenters. The van der Waals surface area contributed by atoms with Crippen LogP contribution in [-0.2, 0) is 14.1 Å². The number of hydrogen-bond acceptors (Lipinski definition) is 3. The molecule has 0 saturated heterocycles. The van der Waals surface area contributed by atoms with Crippen molar-refractivity contribution in [2.24, 2.45) is 0 Å². The summed E-state index contributed by atoms with van der Waals surface area (Å²) in [7, 11) is 0.416. The molecule has 0 atom stereocenters. The summed E-state index contributed by atoms with van der Waals surface area (Å²) >= 11 is 0. The molecule has 0 radical (unpaired) electrons. The second-order valence-electron chi connectivity index (χ2n) is 1.16. The van der Waals surface area contributed by atoms with E-state index in [2.05, 4.69) is 4.65 Å². The Morgan fingerprint density at radius 3 is 2.75 bits per heavy atom. The van der Waals surface area contributed by atoms with E-state index in [-0.39, 0.29) is 0 Å². The third-order valence-corrected chi connectivity index (χ3v) is 0.618. The zero-order chi connectivity index (χ0) is 6.24. The van der Waals surface area contributed by atoms with Gasteiger partial charge in [0, 0.05) is 0 Å². The summed E-state index contributed by atoms with van der Waals surface area (Å²) in [6.07, 6.45) is 0. The predicted molar refractivity (Wildman–Crippen MR) is 28.9 cm³/mol. The van der Waals surface area contributed by atoms with Gasteiger partial charge in [0.05, 0.1) is 0 Å². The molecule has 4 heteroatoms. The Morgan fingerprint density at radius 2 is 2.25 bits per heavy atom. The van der Waals surface area contributed by atoms with Crippen molar-refractivity contribution in [3.8, 4) is 0 Å². The molecule has 0 bridgehead atoms. The molecule has 0 aliphatic rings. The Kier molecular flexibility index (Phi) is 6.31. The van der Waals surface area contributed by atoms with E-state index in [4.69, 9.17) is 4.74 Å². The van der Waals surface area contributed by atoms with Crippen molar-refractivity contribution < 1.29 is 14.1 Å². The fraction of sp³-hybridized carbons (Fsp3) is 1.00. The standard InChI is InChI=1S/C4H9BO3/c1-2-7-3-4-8-5-6/h2-4H2,1H3. The molecule has 0 aliphatic carbocycles. The molecule has 0 N–H and O–H groups in total. The molecule has 3 nitrogen and oxygen atoms in total. The summed E-state index contributed by atoms with van der Waals surface area (Å²) in [5.74, 6) is 0. The molecule has 0 saturated carbocycles. The summed E-state index contributed by atoms with van der Waals surface area (Å²) < 4.78 is 18.7. The third-order valence-electron chi connectivity index (χ3n) is 0.618. The molecule has 0 heterocycles. The van der Waals surface area contributed by atoms with Gasteiger partial charge in [-0.15, -0.1) is 0 Å². The first-order valence-electron chi connectivity index (χ1n) is 2.54. The summed E-state index contributed by atoms with van der Waals surface area (Å²) in [6.45, 7) is 3.41. The summed E-state index contributed by atoms with van der Waals surface area (Å²) in [4.78, 5) is 0. The van der Waals surface area contributed by atoms with Crippen molar-refractivity contribution in [2.75, 3.05) is 19.8 Å². The predicted octanol–water partition coefficient (Wildman–Crippen LogP) is 0.00420. The zero-order valence-corrected chi connectivity index (χ0v) is 4.92. The average molecular weight is 116 g/mol. The first kappa shape index (κ1) is 7.62. The van der Waals surface area contributed by atoms with Crippen molar-refractivity contribution in [1.82, 2.24) is 0 Å². The Balaban J connectivity index is 2.62. The summed E-state index contributed by atoms with van der Waals surface area (Å²) in [5.41, 5.74) is 0. The SMILES string of the molecule is CCOCCOB=O. The third kappa shape index (κ3) is 5.62. The molecule has 0 rings (SSSR count). The summed E-state index contributed by atoms with van der Waals surface area (Å²) in [6, 6.07) is 0. The van der Waals surface area contributed by atoms with Crippen LogP contribution in [0.2, 0.25) is 0 Å². The van der Waals surface area contributed by atoms with Crippen molar-refractivity contribution in [3.63, 3.8) is 0 Å². The van der Waals surface area contributed by atoms with Crippen LogP contribution >= 0.6 is 0 Å². The van der Waals surface area contributed by atoms with Crippen LogP contribution in [0.3, 0.4) is 0 Å². The number of hydrogen-bond donors (Lipinski definition) is 0. The quantitative estimate of drug-likeness (QED) is 0.374. The maximum atomic E-state index is 9.49. The Labute approximate surface area is 49.3 Å². The van der Waals surface area contributed by atoms with Crippen LogP contribution in [0.1, 0.15) is 6.92 Å². The van der Waals surface area contributed by atoms with Crippen LogP contribution in [0, 0.1) is 0 Å². The Hall–Kier alpha value is -0.375. The maximum absolute atomic E-state index is 9.49.